The molecular weight excluding hydrogens is 431 g/mol. The fourth-order valence-electron chi connectivity index (χ4n) is 2.30. The first-order chi connectivity index (χ1) is 14.5. The van der Waals surface area contributed by atoms with Crippen LogP contribution < -0.4 is 20.1 Å². The Morgan fingerprint density at radius 2 is 1.77 bits per heavy atom. The van der Waals surface area contributed by atoms with Crippen LogP contribution in [-0.4, -0.2) is 42.0 Å². The standard InChI is InChI=1S/C19H17FN4O4S2/c1-27-12-7-11(8-13(9-12)28-2)17(26)22-18-23-24-19(30-18)29-10-16(25)21-15-6-4-3-5-14(15)20/h3-9H,10H2,1-2H3,(H,21,25)(H,22,23,26). The molecular formula is C19H17FN4O4S2. The maximum absolute atomic E-state index is 13.6. The maximum Gasteiger partial charge on any atom is 0.257 e. The molecule has 0 aliphatic carbocycles. The molecule has 0 saturated heterocycles. The van der Waals surface area contributed by atoms with Crippen LogP contribution in [0.5, 0.6) is 11.5 Å². The molecule has 2 N–H and O–H groups in total. The first kappa shape index (κ1) is 21.5. The van der Waals surface area contributed by atoms with Crippen molar-refractivity contribution in [3.8, 4) is 11.5 Å². The Morgan fingerprint density at radius 1 is 1.07 bits per heavy atom. The van der Waals surface area contributed by atoms with Crippen molar-refractivity contribution >= 4 is 45.7 Å². The zero-order chi connectivity index (χ0) is 21.5. The van der Waals surface area contributed by atoms with E-state index in [1.165, 1.54) is 26.4 Å². The molecule has 0 radical (unpaired) electrons. The number of carbonyl (C=O) groups is 2. The summed E-state index contributed by atoms with van der Waals surface area (Å²) in [6, 6.07) is 10.7. The number of thioether (sulfide) groups is 1. The number of rotatable bonds is 8. The van der Waals surface area contributed by atoms with E-state index in [4.69, 9.17) is 9.47 Å². The number of halogens is 1. The molecule has 0 aliphatic heterocycles. The second-order valence-electron chi connectivity index (χ2n) is 5.75. The molecule has 0 fully saturated rings. The first-order valence-corrected chi connectivity index (χ1v) is 10.3. The molecule has 0 aliphatic rings. The molecule has 30 heavy (non-hydrogen) atoms. The van der Waals surface area contributed by atoms with Gasteiger partial charge in [0.05, 0.1) is 25.7 Å². The monoisotopic (exact) mass is 448 g/mol. The molecule has 0 unspecified atom stereocenters. The molecule has 8 nitrogen and oxygen atoms in total. The van der Waals surface area contributed by atoms with E-state index in [2.05, 4.69) is 20.8 Å². The normalized spacial score (nSPS) is 10.4. The van der Waals surface area contributed by atoms with Gasteiger partial charge >= 0.3 is 0 Å². The Kier molecular flexibility index (Phi) is 7.20. The van der Waals surface area contributed by atoms with Crippen molar-refractivity contribution in [1.82, 2.24) is 10.2 Å². The number of hydrogen-bond acceptors (Lipinski definition) is 8. The number of amides is 2. The summed E-state index contributed by atoms with van der Waals surface area (Å²) < 4.78 is 24.4. The van der Waals surface area contributed by atoms with Gasteiger partial charge in [0, 0.05) is 11.6 Å². The third-order valence-corrected chi connectivity index (χ3v) is 5.69. The van der Waals surface area contributed by atoms with Crippen LogP contribution in [0.15, 0.2) is 46.8 Å². The van der Waals surface area contributed by atoms with E-state index in [-0.39, 0.29) is 22.5 Å². The van der Waals surface area contributed by atoms with Crippen molar-refractivity contribution in [2.75, 3.05) is 30.6 Å². The van der Waals surface area contributed by atoms with E-state index >= 15 is 0 Å². The molecule has 2 amide bonds. The van der Waals surface area contributed by atoms with E-state index < -0.39 is 11.7 Å². The average molecular weight is 449 g/mol. The van der Waals surface area contributed by atoms with Gasteiger partial charge in [-0.1, -0.05) is 35.2 Å². The summed E-state index contributed by atoms with van der Waals surface area (Å²) in [6.45, 7) is 0. The summed E-state index contributed by atoms with van der Waals surface area (Å²) in [7, 11) is 2.99. The largest absolute Gasteiger partial charge is 0.497 e. The summed E-state index contributed by atoms with van der Waals surface area (Å²) in [4.78, 5) is 24.5. The minimum absolute atomic E-state index is 0.0179. The van der Waals surface area contributed by atoms with E-state index in [0.717, 1.165) is 23.1 Å². The number of nitrogens with one attached hydrogen (secondary N) is 2. The van der Waals surface area contributed by atoms with E-state index in [0.29, 0.717) is 21.4 Å². The fraction of sp³-hybridized carbons (Fsp3) is 0.158. The number of para-hydroxylation sites is 1. The zero-order valence-electron chi connectivity index (χ0n) is 16.0. The average Bonchev–Trinajstić information content (AvgIpc) is 3.20. The number of nitrogens with zero attached hydrogens (tertiary/aromatic N) is 2. The molecule has 2 aromatic carbocycles. The number of aromatic nitrogens is 2. The summed E-state index contributed by atoms with van der Waals surface area (Å²) in [6.07, 6.45) is 0. The van der Waals surface area contributed by atoms with Gasteiger partial charge in [0.2, 0.25) is 11.0 Å². The van der Waals surface area contributed by atoms with Crippen LogP contribution in [0.4, 0.5) is 15.2 Å². The number of methoxy groups -OCH3 is 2. The Hall–Kier alpha value is -3.18. The second-order valence-corrected chi connectivity index (χ2v) is 7.95. The van der Waals surface area contributed by atoms with Gasteiger partial charge < -0.3 is 14.8 Å². The molecule has 1 heterocycles. The number of anilines is 2. The Balaban J connectivity index is 1.57. The first-order valence-electron chi connectivity index (χ1n) is 8.53. The smallest absolute Gasteiger partial charge is 0.257 e. The Labute approximate surface area is 179 Å². The van der Waals surface area contributed by atoms with Crippen LogP contribution >= 0.6 is 23.1 Å². The van der Waals surface area contributed by atoms with Gasteiger partial charge in [-0.25, -0.2) is 4.39 Å². The lowest BCUT2D eigenvalue weighted by Gasteiger charge is -2.07. The third kappa shape index (κ3) is 5.67. The van der Waals surface area contributed by atoms with Crippen molar-refractivity contribution in [2.45, 2.75) is 4.34 Å². The second kappa shape index (κ2) is 10.0. The number of hydrogen-bond donors (Lipinski definition) is 2. The van der Waals surface area contributed by atoms with Gasteiger partial charge in [-0.2, -0.15) is 0 Å². The summed E-state index contributed by atoms with van der Waals surface area (Å²) in [5.74, 6) is -0.315. The molecule has 0 atom stereocenters. The van der Waals surface area contributed by atoms with Crippen LogP contribution in [0, 0.1) is 5.82 Å². The Morgan fingerprint density at radius 3 is 2.43 bits per heavy atom. The third-order valence-electron chi connectivity index (χ3n) is 3.72. The van der Waals surface area contributed by atoms with Crippen molar-refractivity contribution in [3.05, 3.63) is 53.8 Å². The number of carbonyl (C=O) groups excluding carboxylic acids is 2. The highest BCUT2D eigenvalue weighted by atomic mass is 32.2. The lowest BCUT2D eigenvalue weighted by atomic mass is 10.2. The minimum Gasteiger partial charge on any atom is -0.497 e. The zero-order valence-corrected chi connectivity index (χ0v) is 17.6. The number of benzene rings is 2. The van der Waals surface area contributed by atoms with Crippen molar-refractivity contribution in [2.24, 2.45) is 0 Å². The van der Waals surface area contributed by atoms with Gasteiger partial charge in [0.15, 0.2) is 4.34 Å². The SMILES string of the molecule is COc1cc(OC)cc(C(=O)Nc2nnc(SCC(=O)Nc3ccccc3F)s2)c1. The summed E-state index contributed by atoms with van der Waals surface area (Å²) in [5.41, 5.74) is 0.446. The predicted molar refractivity (Wildman–Crippen MR) is 113 cm³/mol. The number of ether oxygens (including phenoxy) is 2. The van der Waals surface area contributed by atoms with Crippen LogP contribution in [0.2, 0.25) is 0 Å². The lowest BCUT2D eigenvalue weighted by Crippen LogP contribution is -2.14. The van der Waals surface area contributed by atoms with Crippen molar-refractivity contribution in [1.29, 1.82) is 0 Å². The van der Waals surface area contributed by atoms with Gasteiger partial charge in [0.1, 0.15) is 17.3 Å². The van der Waals surface area contributed by atoms with Crippen LogP contribution in [-0.2, 0) is 4.79 Å². The predicted octanol–water partition coefficient (Wildman–Crippen LogP) is 3.68. The van der Waals surface area contributed by atoms with Gasteiger partial charge in [-0.05, 0) is 24.3 Å². The highest BCUT2D eigenvalue weighted by molar-refractivity contribution is 8.01. The quantitative estimate of drug-likeness (QED) is 0.400. The Bertz CT molecular complexity index is 1040. The highest BCUT2D eigenvalue weighted by Gasteiger charge is 2.14. The van der Waals surface area contributed by atoms with Crippen molar-refractivity contribution in [3.63, 3.8) is 0 Å². The molecule has 0 saturated carbocycles. The van der Waals surface area contributed by atoms with E-state index in [1.54, 1.807) is 30.3 Å². The van der Waals surface area contributed by atoms with Crippen molar-refractivity contribution < 1.29 is 23.5 Å². The molecule has 0 bridgehead atoms. The van der Waals surface area contributed by atoms with Crippen LogP contribution in [0.25, 0.3) is 0 Å². The fourth-order valence-corrected chi connectivity index (χ4v) is 3.85. The maximum atomic E-state index is 13.6. The minimum atomic E-state index is -0.508. The van der Waals surface area contributed by atoms with E-state index in [9.17, 15) is 14.0 Å². The van der Waals surface area contributed by atoms with E-state index in [1.807, 2.05) is 0 Å². The molecule has 1 aromatic heterocycles. The highest BCUT2D eigenvalue weighted by Crippen LogP contribution is 2.27. The topological polar surface area (TPSA) is 102 Å². The molecule has 3 aromatic rings. The summed E-state index contributed by atoms with van der Waals surface area (Å²) >= 11 is 2.25. The van der Waals surface area contributed by atoms with Gasteiger partial charge in [-0.3, -0.25) is 14.9 Å². The lowest BCUT2D eigenvalue weighted by molar-refractivity contribution is -0.113. The molecule has 11 heteroatoms. The van der Waals surface area contributed by atoms with Crippen LogP contribution in [0.1, 0.15) is 10.4 Å². The molecule has 156 valence electrons. The van der Waals surface area contributed by atoms with Crippen LogP contribution in [0.3, 0.4) is 0 Å². The van der Waals surface area contributed by atoms with Gasteiger partial charge in [-0.15, -0.1) is 10.2 Å². The summed E-state index contributed by atoms with van der Waals surface area (Å²) in [5, 5.41) is 13.3. The van der Waals surface area contributed by atoms with Gasteiger partial charge in [0.25, 0.3) is 5.91 Å². The molecule has 0 spiro atoms. The molecule has 3 rings (SSSR count).